The maximum absolute atomic E-state index is 15.2. The van der Waals surface area contributed by atoms with Gasteiger partial charge in [0, 0.05) is 77.3 Å². The van der Waals surface area contributed by atoms with Crippen LogP contribution in [0.2, 0.25) is 0 Å². The Morgan fingerprint density at radius 1 is 0.695 bits per heavy atom. The number of unbranched alkanes of at least 4 members (excludes halogenated alkanes) is 1. The van der Waals surface area contributed by atoms with E-state index in [4.69, 9.17) is 9.47 Å². The molecule has 1 aliphatic rings. The maximum Gasteiger partial charge on any atom is 0.407 e. The fourth-order valence-corrected chi connectivity index (χ4v) is 14.3. The highest BCUT2D eigenvalue weighted by Gasteiger charge is 2.37. The van der Waals surface area contributed by atoms with Crippen LogP contribution in [0.3, 0.4) is 0 Å². The highest BCUT2D eigenvalue weighted by Crippen LogP contribution is 2.39. The van der Waals surface area contributed by atoms with E-state index in [2.05, 4.69) is 52.8 Å². The summed E-state index contributed by atoms with van der Waals surface area (Å²) >= 11 is 0. The second-order valence-corrected chi connectivity index (χ2v) is 30.8. The Labute approximate surface area is 571 Å². The number of hydrogen-bond acceptors (Lipinski definition) is 19. The van der Waals surface area contributed by atoms with Gasteiger partial charge < -0.3 is 77.6 Å². The molecule has 3 aromatic carbocycles. The number of aliphatic hydroxyl groups is 3. The van der Waals surface area contributed by atoms with E-state index in [1.807, 2.05) is 45.9 Å². The van der Waals surface area contributed by atoms with Crippen molar-refractivity contribution in [1.82, 2.24) is 52.8 Å². The molecule has 0 bridgehead atoms. The lowest BCUT2D eigenvalue weighted by Crippen LogP contribution is -2.62. The number of carbonyl (C=O) groups is 10. The lowest BCUT2D eigenvalue weighted by molar-refractivity contribution is -0.136. The molecule has 0 saturated carbocycles. The van der Waals surface area contributed by atoms with Crippen molar-refractivity contribution < 1.29 is 72.7 Å². The molecule has 1 aromatic heterocycles. The zero-order valence-corrected chi connectivity index (χ0v) is 58.6. The van der Waals surface area contributed by atoms with Gasteiger partial charge in [0.05, 0.1) is 24.9 Å². The topological polar surface area (TPSA) is 374 Å². The Morgan fingerprint density at radius 2 is 1.31 bits per heavy atom. The van der Waals surface area contributed by atoms with Gasteiger partial charge in [0.25, 0.3) is 0 Å². The molecule has 0 radical (unpaired) electrons. The van der Waals surface area contributed by atoms with Gasteiger partial charge in [0.1, 0.15) is 60.3 Å². The number of aliphatic hydroxyl groups excluding tert-OH is 3. The van der Waals surface area contributed by atoms with E-state index in [9.17, 15) is 48.9 Å². The zero-order chi connectivity index (χ0) is 69.8. The normalized spacial score (nSPS) is 20.2. The van der Waals surface area contributed by atoms with Crippen LogP contribution in [0.15, 0.2) is 91.1 Å². The minimum atomic E-state index is -1.77. The van der Waals surface area contributed by atoms with Crippen molar-refractivity contribution in [1.29, 1.82) is 0 Å². The number of aromatic amines is 1. The number of Topliss-reactive ketones (excluding diaryl/α,β-unsaturated/α-hetero) is 1. The van der Waals surface area contributed by atoms with Gasteiger partial charge in [0.2, 0.25) is 41.4 Å². The molecular weight excluding hydrogens is 1300 g/mol. The molecule has 1 unspecified atom stereocenters. The van der Waals surface area contributed by atoms with Gasteiger partial charge in [-0.3, -0.25) is 38.4 Å². The van der Waals surface area contributed by atoms with E-state index in [0.29, 0.717) is 46.2 Å². The van der Waals surface area contributed by atoms with Crippen LogP contribution in [0, 0.1) is 5.92 Å². The minimum absolute atomic E-state index is 0.0388. The van der Waals surface area contributed by atoms with E-state index in [0.717, 1.165) is 21.6 Å². The highest BCUT2D eigenvalue weighted by atomic mass is 33.1. The van der Waals surface area contributed by atoms with E-state index < -0.39 is 126 Å². The van der Waals surface area contributed by atoms with Crippen molar-refractivity contribution in [3.63, 3.8) is 0 Å². The predicted octanol–water partition coefficient (Wildman–Crippen LogP) is 4.69. The number of aromatic nitrogens is 1. The SMILES string of the molecule is CC(C)C(=O)CCC(C)(C)SSCCOC(=O)N[C@H](Cc1ccccc1)C(=O)N[C@H]1CSSC[C@@H](C(=O)N[C@H](CO)[C@@H](C)O)NC(=O)C([C@@H](C)O)NC(=O)[C@H](CCCCNC(=O)OC(C)(C)C)NC(=O)[C@@H](Cc2c[nH]c3ccccc23)NC(=O)[C@H](Cc2ccccc2)NC1=O. The van der Waals surface area contributed by atoms with Crippen LogP contribution < -0.4 is 47.9 Å². The van der Waals surface area contributed by atoms with Crippen LogP contribution in [-0.4, -0.2) is 188 Å². The monoisotopic (exact) mass is 1390 g/mol. The van der Waals surface area contributed by atoms with E-state index in [-0.39, 0.29) is 79.6 Å². The first-order valence-electron chi connectivity index (χ1n) is 31.7. The number of ketones is 1. The Balaban J connectivity index is 1.54. The molecule has 9 amide bonds. The van der Waals surface area contributed by atoms with Crippen molar-refractivity contribution in [2.24, 2.45) is 5.92 Å². The number of benzene rings is 3. The summed E-state index contributed by atoms with van der Waals surface area (Å²) in [5, 5.41) is 56.5. The van der Waals surface area contributed by atoms with E-state index >= 15 is 14.4 Å². The summed E-state index contributed by atoms with van der Waals surface area (Å²) in [5.41, 5.74) is 1.74. The number of alkyl carbamates (subject to hydrolysis) is 2. The van der Waals surface area contributed by atoms with Crippen molar-refractivity contribution >= 4 is 113 Å². The number of hydrogen-bond donors (Lipinski definition) is 13. The molecule has 2 heterocycles. The summed E-state index contributed by atoms with van der Waals surface area (Å²) in [4.78, 5) is 145. The van der Waals surface area contributed by atoms with Gasteiger partial charge in [-0.2, -0.15) is 0 Å². The molecule has 1 saturated heterocycles. The highest BCUT2D eigenvalue weighted by molar-refractivity contribution is 8.77. The molecule has 10 atom stereocenters. The number of para-hydroxylation sites is 1. The number of rotatable bonds is 28. The third-order valence-electron chi connectivity index (χ3n) is 15.0. The fourth-order valence-electron chi connectivity index (χ4n) is 9.61. The second-order valence-electron chi connectivity index (χ2n) is 25.1. The average molecular weight is 1400 g/mol. The van der Waals surface area contributed by atoms with Crippen LogP contribution in [0.4, 0.5) is 9.59 Å². The van der Waals surface area contributed by atoms with E-state index in [1.165, 1.54) is 24.6 Å². The summed E-state index contributed by atoms with van der Waals surface area (Å²) in [6, 6.07) is 12.9. The van der Waals surface area contributed by atoms with Crippen LogP contribution in [0.25, 0.3) is 10.9 Å². The average Bonchev–Trinajstić information content (AvgIpc) is 1.77. The molecule has 29 heteroatoms. The largest absolute Gasteiger partial charge is 0.449 e. The Kier molecular flexibility index (Phi) is 32.5. The van der Waals surface area contributed by atoms with Gasteiger partial charge in [-0.15, -0.1) is 0 Å². The summed E-state index contributed by atoms with van der Waals surface area (Å²) < 4.78 is 10.7. The van der Waals surface area contributed by atoms with Crippen LogP contribution in [0.1, 0.15) is 111 Å². The smallest absolute Gasteiger partial charge is 0.407 e. The third-order valence-corrected chi connectivity index (χ3v) is 20.8. The first kappa shape index (κ1) is 78.7. The summed E-state index contributed by atoms with van der Waals surface area (Å²) in [6.45, 7) is 14.8. The van der Waals surface area contributed by atoms with Crippen molar-refractivity contribution in [2.45, 2.75) is 185 Å². The molecule has 13 N–H and O–H groups in total. The van der Waals surface area contributed by atoms with Crippen molar-refractivity contribution in [3.05, 3.63) is 108 Å². The summed E-state index contributed by atoms with van der Waals surface area (Å²) in [7, 11) is 4.96. The van der Waals surface area contributed by atoms with Crippen molar-refractivity contribution in [2.75, 3.05) is 37.0 Å². The molecule has 4 aromatic rings. The molecule has 522 valence electrons. The fraction of sp³-hybridized carbons (Fsp3) is 0.545. The number of fused-ring (bicyclic) bond motifs is 1. The number of H-pyrrole nitrogens is 1. The Bertz CT molecular complexity index is 3170. The predicted molar refractivity (Wildman–Crippen MR) is 371 cm³/mol. The van der Waals surface area contributed by atoms with Gasteiger partial charge in [-0.25, -0.2) is 9.59 Å². The van der Waals surface area contributed by atoms with Gasteiger partial charge in [0.15, 0.2) is 0 Å². The van der Waals surface area contributed by atoms with Crippen LogP contribution in [0.5, 0.6) is 0 Å². The lowest BCUT2D eigenvalue weighted by atomic mass is 9.99. The minimum Gasteiger partial charge on any atom is -0.449 e. The van der Waals surface area contributed by atoms with Gasteiger partial charge in [-0.1, -0.05) is 136 Å². The van der Waals surface area contributed by atoms with Crippen LogP contribution in [-0.2, 0) is 67.1 Å². The third kappa shape index (κ3) is 27.9. The quantitative estimate of drug-likeness (QED) is 0.0271. The number of ether oxygens (including phenoxy) is 2. The Morgan fingerprint density at radius 3 is 1.95 bits per heavy atom. The summed E-state index contributed by atoms with van der Waals surface area (Å²) in [5.74, 6) is -6.42. The number of carbonyl (C=O) groups excluding carboxylic acids is 10. The Hall–Kier alpha value is -7.02. The number of amides is 9. The van der Waals surface area contributed by atoms with Crippen LogP contribution >= 0.6 is 43.2 Å². The van der Waals surface area contributed by atoms with Gasteiger partial charge in [-0.05, 0) is 96.9 Å². The molecule has 1 fully saturated rings. The molecule has 1 aliphatic heterocycles. The van der Waals surface area contributed by atoms with E-state index in [1.54, 1.807) is 104 Å². The molecule has 0 spiro atoms. The first-order chi connectivity index (χ1) is 45.0. The molecule has 0 aliphatic carbocycles. The van der Waals surface area contributed by atoms with Crippen molar-refractivity contribution in [3.8, 4) is 0 Å². The lowest BCUT2D eigenvalue weighted by Gasteiger charge is -2.29. The van der Waals surface area contributed by atoms with Gasteiger partial charge >= 0.3 is 12.2 Å². The molecule has 95 heavy (non-hydrogen) atoms. The number of nitrogens with one attached hydrogen (secondary N) is 10. The molecule has 5 rings (SSSR count). The first-order valence-corrected chi connectivity index (χ1v) is 36.5. The molecular formula is C66H94N10O15S4. The summed E-state index contributed by atoms with van der Waals surface area (Å²) in [6.07, 6.45) is -1.76. The molecule has 25 nitrogen and oxygen atoms in total. The maximum atomic E-state index is 15.2. The second kappa shape index (κ2) is 39.3. The zero-order valence-electron chi connectivity index (χ0n) is 55.3. The standard InChI is InChI=1S/C66H94N10O15S4/c1-39(2)54(80)27-28-66(8,9)95-92-31-30-90-64(89)75-49(33-43-22-14-11-15-23-43)58(83)73-52-37-93-94-38-53(61(86)72-51(36-77)40(3)78)74-62(87)55(41(4)79)76-56(81)47(26-18-19-29-67-63(88)91-65(5,6)7)69-59(84)50(34-44-35-68-46-25-17-16-24-45(44)46)71-57(82)48(70-60(52)85)32-42-20-12-10-13-21-42/h10-17,20-25,35,39-41,47-53,55,68,77-79H,18-19,26-34,36-38H2,1-9H3,(H,67,88)(H,69,84)(H,70,85)(H,71,82)(H,72,86)(H,73,83)(H,74,87)(H,75,89)(H,76,81)/t40-,41-,47+,48+,49-,50-,51-,52+,53+,55?/m1/s1.